The van der Waals surface area contributed by atoms with Gasteiger partial charge in [0.05, 0.1) is 0 Å². The monoisotopic (exact) mass is 287 g/mol. The highest BCUT2D eigenvalue weighted by molar-refractivity contribution is 5.46. The largest absolute Gasteiger partial charge is 0.381 e. The highest BCUT2D eigenvalue weighted by Gasteiger charge is 2.12. The lowest BCUT2D eigenvalue weighted by atomic mass is 10.00. The molecule has 2 heterocycles. The van der Waals surface area contributed by atoms with Crippen molar-refractivity contribution >= 4 is 6.41 Å². The van der Waals surface area contributed by atoms with Gasteiger partial charge in [-0.25, -0.2) is 0 Å². The van der Waals surface area contributed by atoms with Crippen LogP contribution < -0.4 is 0 Å². The molecule has 0 bridgehead atoms. The van der Waals surface area contributed by atoms with Crippen molar-refractivity contribution in [1.29, 1.82) is 0 Å². The number of ether oxygens (including phenoxy) is 1. The van der Waals surface area contributed by atoms with Gasteiger partial charge in [0, 0.05) is 26.3 Å². The van der Waals surface area contributed by atoms with Crippen molar-refractivity contribution < 1.29 is 9.53 Å². The molecule has 2 fully saturated rings. The molecule has 2 aliphatic rings. The van der Waals surface area contributed by atoms with E-state index in [1.54, 1.807) is 0 Å². The Morgan fingerprint density at radius 2 is 1.25 bits per heavy atom. The van der Waals surface area contributed by atoms with E-state index in [-0.39, 0.29) is 0 Å². The molecular formula is C17H37NO2. The van der Waals surface area contributed by atoms with Crippen LogP contribution in [0.25, 0.3) is 0 Å². The number of hydrogen-bond donors (Lipinski definition) is 0. The molecule has 0 atom stereocenters. The Kier molecular flexibility index (Phi) is 17.9. The summed E-state index contributed by atoms with van der Waals surface area (Å²) in [6, 6.07) is 0. The van der Waals surface area contributed by atoms with Crippen LogP contribution in [0.1, 0.15) is 67.2 Å². The van der Waals surface area contributed by atoms with Crippen molar-refractivity contribution in [3.05, 3.63) is 0 Å². The zero-order chi connectivity index (χ0) is 15.8. The van der Waals surface area contributed by atoms with E-state index in [2.05, 4.69) is 13.8 Å². The van der Waals surface area contributed by atoms with Gasteiger partial charge in [0.1, 0.15) is 0 Å². The maximum atomic E-state index is 10.2. The van der Waals surface area contributed by atoms with Gasteiger partial charge in [-0.05, 0) is 37.5 Å². The fourth-order valence-corrected chi connectivity index (χ4v) is 1.95. The van der Waals surface area contributed by atoms with E-state index < -0.39 is 0 Å². The van der Waals surface area contributed by atoms with Crippen molar-refractivity contribution in [3.63, 3.8) is 0 Å². The fourth-order valence-electron chi connectivity index (χ4n) is 1.95. The smallest absolute Gasteiger partial charge is 0.209 e. The second kappa shape index (κ2) is 16.5. The lowest BCUT2D eigenvalue weighted by Crippen LogP contribution is -2.31. The van der Waals surface area contributed by atoms with Crippen molar-refractivity contribution in [1.82, 2.24) is 4.90 Å². The summed E-state index contributed by atoms with van der Waals surface area (Å²) in [5.74, 6) is 1.73. The van der Waals surface area contributed by atoms with Crippen LogP contribution in [0, 0.1) is 11.8 Å². The minimum Gasteiger partial charge on any atom is -0.381 e. The van der Waals surface area contributed by atoms with Crippen LogP contribution in [-0.4, -0.2) is 37.6 Å². The average molecular weight is 287 g/mol. The Bertz CT molecular complexity index is 183. The second-order valence-electron chi connectivity index (χ2n) is 5.12. The summed E-state index contributed by atoms with van der Waals surface area (Å²) < 4.78 is 5.14. The summed E-state index contributed by atoms with van der Waals surface area (Å²) in [7, 11) is 0. The molecule has 3 heteroatoms. The molecule has 2 saturated heterocycles. The molecule has 2 aliphatic heterocycles. The maximum absolute atomic E-state index is 10.2. The molecule has 0 aromatic carbocycles. The van der Waals surface area contributed by atoms with E-state index in [9.17, 15) is 4.79 Å². The number of carbonyl (C=O) groups excluding carboxylic acids is 1. The van der Waals surface area contributed by atoms with Crippen LogP contribution in [0.2, 0.25) is 0 Å². The zero-order valence-electron chi connectivity index (χ0n) is 14.7. The van der Waals surface area contributed by atoms with Gasteiger partial charge in [0.2, 0.25) is 6.41 Å². The van der Waals surface area contributed by atoms with Crippen molar-refractivity contribution in [2.75, 3.05) is 26.3 Å². The molecule has 0 spiro atoms. The molecule has 1 amide bonds. The van der Waals surface area contributed by atoms with Crippen LogP contribution in [-0.2, 0) is 9.53 Å². The highest BCUT2D eigenvalue weighted by atomic mass is 16.5. The van der Waals surface area contributed by atoms with Crippen LogP contribution >= 0.6 is 0 Å². The minimum absolute atomic E-state index is 0.821. The molecule has 0 unspecified atom stereocenters. The standard InChI is InChI=1S/C7H13NO.C6H12O.2C2H6/c1-7-2-4-8(6-9)5-3-7;1-6-2-4-7-5-3-6;2*1-2/h6-7H,2-5H2,1H3;6H,2-5H2,1H3;2*1-2H3. The topological polar surface area (TPSA) is 29.5 Å². The molecule has 0 N–H and O–H groups in total. The van der Waals surface area contributed by atoms with Gasteiger partial charge in [0.25, 0.3) is 0 Å². The molecule has 0 aromatic rings. The number of piperidine rings is 1. The summed E-state index contributed by atoms with van der Waals surface area (Å²) in [5, 5.41) is 0. The Labute approximate surface area is 127 Å². The SMILES string of the molecule is CC.CC.CC1CCN(C=O)CC1.CC1CCOCC1. The fraction of sp³-hybridized carbons (Fsp3) is 0.941. The predicted octanol–water partition coefficient (Wildman–Crippen LogP) is 4.36. The summed E-state index contributed by atoms with van der Waals surface area (Å²) in [6.07, 6.45) is 5.84. The number of hydrogen-bond acceptors (Lipinski definition) is 2. The number of likely N-dealkylation sites (tertiary alicyclic amines) is 1. The van der Waals surface area contributed by atoms with Crippen LogP contribution in [0.3, 0.4) is 0 Å². The molecular weight excluding hydrogens is 250 g/mol. The van der Waals surface area contributed by atoms with Gasteiger partial charge in [0.15, 0.2) is 0 Å². The van der Waals surface area contributed by atoms with Gasteiger partial charge in [-0.2, -0.15) is 0 Å². The van der Waals surface area contributed by atoms with Gasteiger partial charge in [-0.3, -0.25) is 4.79 Å². The molecule has 0 aliphatic carbocycles. The van der Waals surface area contributed by atoms with Crippen LogP contribution in [0.4, 0.5) is 0 Å². The van der Waals surface area contributed by atoms with E-state index in [1.165, 1.54) is 25.7 Å². The number of carbonyl (C=O) groups is 1. The maximum Gasteiger partial charge on any atom is 0.209 e. The number of rotatable bonds is 1. The first kappa shape index (κ1) is 21.7. The highest BCUT2D eigenvalue weighted by Crippen LogP contribution is 2.14. The quantitative estimate of drug-likeness (QED) is 0.671. The molecule has 2 rings (SSSR count). The Hall–Kier alpha value is -0.570. The molecule has 3 nitrogen and oxygen atoms in total. The third-order valence-corrected chi connectivity index (χ3v) is 3.48. The number of nitrogens with zero attached hydrogens (tertiary/aromatic N) is 1. The van der Waals surface area contributed by atoms with E-state index >= 15 is 0 Å². The first-order chi connectivity index (χ1) is 9.72. The summed E-state index contributed by atoms with van der Waals surface area (Å²) >= 11 is 0. The predicted molar refractivity (Wildman–Crippen MR) is 87.9 cm³/mol. The summed E-state index contributed by atoms with van der Waals surface area (Å²) in [5.41, 5.74) is 0. The Balaban J connectivity index is 0. The molecule has 20 heavy (non-hydrogen) atoms. The van der Waals surface area contributed by atoms with Gasteiger partial charge in [-0.15, -0.1) is 0 Å². The van der Waals surface area contributed by atoms with Crippen LogP contribution in [0.5, 0.6) is 0 Å². The average Bonchev–Trinajstić information content (AvgIpc) is 2.53. The molecule has 0 saturated carbocycles. The van der Waals surface area contributed by atoms with E-state index in [1.807, 2.05) is 32.6 Å². The Morgan fingerprint density at radius 3 is 1.55 bits per heavy atom. The summed E-state index contributed by atoms with van der Waals surface area (Å²) in [6.45, 7) is 16.4. The minimum atomic E-state index is 0.821. The van der Waals surface area contributed by atoms with Crippen molar-refractivity contribution in [2.24, 2.45) is 11.8 Å². The van der Waals surface area contributed by atoms with Crippen molar-refractivity contribution in [2.45, 2.75) is 67.2 Å². The lowest BCUT2D eigenvalue weighted by Gasteiger charge is -2.26. The first-order valence-electron chi connectivity index (χ1n) is 8.49. The van der Waals surface area contributed by atoms with Gasteiger partial charge in [-0.1, -0.05) is 41.5 Å². The molecule has 0 radical (unpaired) electrons. The van der Waals surface area contributed by atoms with E-state index in [0.29, 0.717) is 0 Å². The molecule has 0 aromatic heterocycles. The first-order valence-corrected chi connectivity index (χ1v) is 8.49. The zero-order valence-corrected chi connectivity index (χ0v) is 14.7. The second-order valence-corrected chi connectivity index (χ2v) is 5.12. The third-order valence-electron chi connectivity index (χ3n) is 3.48. The molecule has 122 valence electrons. The van der Waals surface area contributed by atoms with Crippen molar-refractivity contribution in [3.8, 4) is 0 Å². The van der Waals surface area contributed by atoms with E-state index in [0.717, 1.165) is 44.5 Å². The van der Waals surface area contributed by atoms with Crippen LogP contribution in [0.15, 0.2) is 0 Å². The third kappa shape index (κ3) is 12.5. The normalized spacial score (nSPS) is 19.4. The summed E-state index contributed by atoms with van der Waals surface area (Å²) in [4.78, 5) is 12.0. The lowest BCUT2D eigenvalue weighted by molar-refractivity contribution is -0.119. The Morgan fingerprint density at radius 1 is 0.850 bits per heavy atom. The number of amides is 1. The van der Waals surface area contributed by atoms with E-state index in [4.69, 9.17) is 4.74 Å². The van der Waals surface area contributed by atoms with Gasteiger partial charge < -0.3 is 9.64 Å². The van der Waals surface area contributed by atoms with Gasteiger partial charge >= 0.3 is 0 Å².